The van der Waals surface area contributed by atoms with Crippen LogP contribution in [0.4, 0.5) is 0 Å². The molecule has 1 aliphatic rings. The molecule has 7 nitrogen and oxygen atoms in total. The Bertz CT molecular complexity index is 1560. The van der Waals surface area contributed by atoms with Gasteiger partial charge in [0.15, 0.2) is 16.9 Å². The van der Waals surface area contributed by atoms with E-state index < -0.39 is 6.04 Å². The van der Waals surface area contributed by atoms with Crippen LogP contribution in [0.25, 0.3) is 11.0 Å². The molecule has 4 aromatic rings. The second kappa shape index (κ2) is 9.32. The molecule has 3 aromatic carbocycles. The van der Waals surface area contributed by atoms with Crippen LogP contribution in [0.15, 0.2) is 57.7 Å². The maximum Gasteiger partial charge on any atom is 0.291 e. The minimum absolute atomic E-state index is 0.0617. The van der Waals surface area contributed by atoms with Crippen molar-refractivity contribution in [3.63, 3.8) is 0 Å². The molecule has 1 amide bonds. The topological polar surface area (TPSA) is 78.2 Å². The average molecular weight is 500 g/mol. The lowest BCUT2D eigenvalue weighted by Crippen LogP contribution is -2.29. The van der Waals surface area contributed by atoms with Crippen LogP contribution in [0, 0.1) is 20.8 Å². The van der Waals surface area contributed by atoms with Crippen LogP contribution < -0.4 is 19.6 Å². The number of nitrogens with zero attached hydrogens (tertiary/aromatic N) is 1. The highest BCUT2D eigenvalue weighted by atomic mass is 16.5. The zero-order valence-electron chi connectivity index (χ0n) is 21.8. The minimum atomic E-state index is -0.709. The van der Waals surface area contributed by atoms with Gasteiger partial charge >= 0.3 is 0 Å². The van der Waals surface area contributed by atoms with Gasteiger partial charge < -0.3 is 23.5 Å². The van der Waals surface area contributed by atoms with Gasteiger partial charge in [-0.3, -0.25) is 9.59 Å². The Morgan fingerprint density at radius 1 is 0.838 bits per heavy atom. The van der Waals surface area contributed by atoms with Crippen LogP contribution in [0.5, 0.6) is 17.2 Å². The van der Waals surface area contributed by atoms with E-state index in [2.05, 4.69) is 0 Å². The van der Waals surface area contributed by atoms with Gasteiger partial charge in [-0.1, -0.05) is 29.8 Å². The second-order valence-corrected chi connectivity index (χ2v) is 9.39. The molecule has 1 unspecified atom stereocenters. The van der Waals surface area contributed by atoms with Gasteiger partial charge in [0.2, 0.25) is 11.5 Å². The number of benzene rings is 3. The van der Waals surface area contributed by atoms with Crippen LogP contribution in [0.1, 0.15) is 50.0 Å². The third-order valence-electron chi connectivity index (χ3n) is 7.06. The van der Waals surface area contributed by atoms with Crippen LogP contribution in [-0.2, 0) is 6.54 Å². The predicted octanol–water partition coefficient (Wildman–Crippen LogP) is 5.49. The monoisotopic (exact) mass is 499 g/mol. The highest BCUT2D eigenvalue weighted by Crippen LogP contribution is 2.45. The number of carbonyl (C=O) groups excluding carboxylic acids is 1. The van der Waals surface area contributed by atoms with Crippen molar-refractivity contribution in [3.8, 4) is 17.2 Å². The molecule has 190 valence electrons. The van der Waals surface area contributed by atoms with Crippen molar-refractivity contribution in [1.82, 2.24) is 4.90 Å². The number of hydrogen-bond donors (Lipinski definition) is 0. The highest BCUT2D eigenvalue weighted by Gasteiger charge is 2.43. The van der Waals surface area contributed by atoms with Crippen molar-refractivity contribution in [2.75, 3.05) is 21.3 Å². The van der Waals surface area contributed by atoms with Crippen molar-refractivity contribution in [2.45, 2.75) is 33.4 Å². The summed E-state index contributed by atoms with van der Waals surface area (Å²) in [6, 6.07) is 14.5. The van der Waals surface area contributed by atoms with Gasteiger partial charge in [-0.05, 0) is 67.3 Å². The van der Waals surface area contributed by atoms with Gasteiger partial charge in [0.1, 0.15) is 5.58 Å². The number of methoxy groups -OCH3 is 3. The van der Waals surface area contributed by atoms with E-state index in [0.29, 0.717) is 45.9 Å². The molecule has 0 saturated carbocycles. The molecule has 37 heavy (non-hydrogen) atoms. The summed E-state index contributed by atoms with van der Waals surface area (Å²) in [4.78, 5) is 29.5. The first-order valence-corrected chi connectivity index (χ1v) is 12.0. The van der Waals surface area contributed by atoms with Gasteiger partial charge in [-0.2, -0.15) is 0 Å². The van der Waals surface area contributed by atoms with E-state index in [0.717, 1.165) is 22.3 Å². The number of fused-ring (bicyclic) bond motifs is 2. The molecule has 1 aromatic heterocycles. The summed E-state index contributed by atoms with van der Waals surface area (Å²) in [6.07, 6.45) is 0. The Hall–Kier alpha value is -4.26. The minimum Gasteiger partial charge on any atom is -0.493 e. The van der Waals surface area contributed by atoms with E-state index in [-0.39, 0.29) is 17.1 Å². The summed E-state index contributed by atoms with van der Waals surface area (Å²) in [5.41, 5.74) is 5.16. The Morgan fingerprint density at radius 2 is 1.46 bits per heavy atom. The van der Waals surface area contributed by atoms with Crippen molar-refractivity contribution in [1.29, 1.82) is 0 Å². The maximum atomic E-state index is 14.0. The van der Waals surface area contributed by atoms with Crippen molar-refractivity contribution < 1.29 is 23.4 Å². The molecule has 0 saturated heterocycles. The van der Waals surface area contributed by atoms with E-state index in [1.54, 1.807) is 17.0 Å². The summed E-state index contributed by atoms with van der Waals surface area (Å²) in [7, 11) is 4.60. The lowest BCUT2D eigenvalue weighted by Gasteiger charge is -2.26. The number of hydrogen-bond acceptors (Lipinski definition) is 6. The van der Waals surface area contributed by atoms with E-state index >= 15 is 0 Å². The van der Waals surface area contributed by atoms with E-state index in [1.807, 2.05) is 57.2 Å². The molecule has 1 aliphatic heterocycles. The van der Waals surface area contributed by atoms with Crippen molar-refractivity contribution >= 4 is 16.9 Å². The largest absolute Gasteiger partial charge is 0.493 e. The molecule has 0 N–H and O–H groups in total. The van der Waals surface area contributed by atoms with Gasteiger partial charge in [-0.25, -0.2) is 0 Å². The Morgan fingerprint density at radius 3 is 2.05 bits per heavy atom. The highest BCUT2D eigenvalue weighted by molar-refractivity contribution is 5.99. The zero-order valence-corrected chi connectivity index (χ0v) is 21.8. The number of aryl methyl sites for hydroxylation is 3. The normalized spacial score (nSPS) is 14.7. The van der Waals surface area contributed by atoms with Crippen molar-refractivity contribution in [3.05, 3.63) is 97.9 Å². The van der Waals surface area contributed by atoms with E-state index in [4.69, 9.17) is 18.6 Å². The Labute approximate surface area is 215 Å². The Kier molecular flexibility index (Phi) is 6.15. The molecular formula is C30H29NO6. The fourth-order valence-electron chi connectivity index (χ4n) is 4.93. The van der Waals surface area contributed by atoms with Crippen LogP contribution >= 0.6 is 0 Å². The maximum absolute atomic E-state index is 14.0. The summed E-state index contributed by atoms with van der Waals surface area (Å²) in [5.74, 6) is 1.02. The lowest BCUT2D eigenvalue weighted by molar-refractivity contribution is 0.0714. The summed E-state index contributed by atoms with van der Waals surface area (Å²) in [6.45, 7) is 6.20. The average Bonchev–Trinajstić information content (AvgIpc) is 3.17. The smallest absolute Gasteiger partial charge is 0.291 e. The first kappa shape index (κ1) is 24.4. The van der Waals surface area contributed by atoms with E-state index in [1.165, 1.54) is 21.3 Å². The zero-order chi connectivity index (χ0) is 26.4. The molecule has 0 radical (unpaired) electrons. The molecule has 0 spiro atoms. The van der Waals surface area contributed by atoms with Gasteiger partial charge in [-0.15, -0.1) is 0 Å². The molecule has 0 bridgehead atoms. The molecule has 5 rings (SSSR count). The predicted molar refractivity (Wildman–Crippen MR) is 141 cm³/mol. The van der Waals surface area contributed by atoms with Crippen LogP contribution in [0.3, 0.4) is 0 Å². The molecule has 0 aliphatic carbocycles. The fourth-order valence-corrected chi connectivity index (χ4v) is 4.93. The first-order chi connectivity index (χ1) is 17.8. The standard InChI is InChI=1S/C30H29NO6/c1-16-7-9-19(10-8-16)15-31-26(20-13-23(34-4)28(36-6)24(14-20)35-5)25-27(32)21-11-17(2)18(3)12-22(21)37-29(25)30(31)33/h7-14,26H,15H2,1-6H3. The summed E-state index contributed by atoms with van der Waals surface area (Å²) in [5, 5.41) is 0.448. The SMILES string of the molecule is COc1cc(C2c3c(oc4cc(C)c(C)cc4c3=O)C(=O)N2Cc2ccc(C)cc2)cc(OC)c1OC. The third-order valence-corrected chi connectivity index (χ3v) is 7.06. The molecule has 2 heterocycles. The quantitative estimate of drug-likeness (QED) is 0.349. The van der Waals surface area contributed by atoms with Crippen LogP contribution in [0.2, 0.25) is 0 Å². The molecule has 1 atom stereocenters. The molecular weight excluding hydrogens is 470 g/mol. The van der Waals surface area contributed by atoms with Gasteiger partial charge in [0.05, 0.1) is 38.3 Å². The van der Waals surface area contributed by atoms with Gasteiger partial charge in [0, 0.05) is 6.54 Å². The summed E-state index contributed by atoms with van der Waals surface area (Å²) < 4.78 is 22.8. The fraction of sp³-hybridized carbons (Fsp3) is 0.267. The first-order valence-electron chi connectivity index (χ1n) is 12.0. The third kappa shape index (κ3) is 4.00. The number of rotatable bonds is 6. The lowest BCUT2D eigenvalue weighted by atomic mass is 9.96. The summed E-state index contributed by atoms with van der Waals surface area (Å²) >= 11 is 0. The van der Waals surface area contributed by atoms with Crippen molar-refractivity contribution in [2.24, 2.45) is 0 Å². The Balaban J connectivity index is 1.77. The van der Waals surface area contributed by atoms with Crippen LogP contribution in [-0.4, -0.2) is 32.1 Å². The van der Waals surface area contributed by atoms with Gasteiger partial charge in [0.25, 0.3) is 5.91 Å². The second-order valence-electron chi connectivity index (χ2n) is 9.39. The molecule has 7 heteroatoms. The molecule has 0 fully saturated rings. The number of carbonyl (C=O) groups is 1. The number of ether oxygens (including phenoxy) is 3. The van der Waals surface area contributed by atoms with E-state index in [9.17, 15) is 9.59 Å². The number of amides is 1.